The van der Waals surface area contributed by atoms with Crippen molar-refractivity contribution in [2.75, 3.05) is 18.0 Å². The number of anilines is 1. The molecule has 1 aliphatic rings. The van der Waals surface area contributed by atoms with E-state index in [2.05, 4.69) is 4.98 Å². The zero-order valence-electron chi connectivity index (χ0n) is 8.78. The number of aliphatic hydroxyl groups is 1. The summed E-state index contributed by atoms with van der Waals surface area (Å²) in [6, 6.07) is 3.04. The van der Waals surface area contributed by atoms with Crippen LogP contribution in [0.1, 0.15) is 19.8 Å². The molecule has 1 aromatic heterocycles. The molecule has 3 nitrogen and oxygen atoms in total. The van der Waals surface area contributed by atoms with Crippen LogP contribution in [0.4, 0.5) is 10.2 Å². The van der Waals surface area contributed by atoms with Crippen molar-refractivity contribution in [3.8, 4) is 0 Å². The third kappa shape index (κ3) is 2.09. The normalized spacial score (nSPS) is 25.9. The van der Waals surface area contributed by atoms with Gasteiger partial charge < -0.3 is 10.0 Å². The largest absolute Gasteiger partial charge is 0.388 e. The summed E-state index contributed by atoms with van der Waals surface area (Å²) in [6.07, 6.45) is 2.70. The van der Waals surface area contributed by atoms with Crippen LogP contribution in [0, 0.1) is 5.82 Å². The van der Waals surface area contributed by atoms with E-state index >= 15 is 0 Å². The number of halogens is 1. The average molecular weight is 210 g/mol. The van der Waals surface area contributed by atoms with E-state index in [9.17, 15) is 9.50 Å². The molecular formula is C11H15FN2O. The lowest BCUT2D eigenvalue weighted by atomic mass is 10.0. The third-order valence-corrected chi connectivity index (χ3v) is 3.03. The second kappa shape index (κ2) is 3.77. The lowest BCUT2D eigenvalue weighted by molar-refractivity contribution is 0.0593. The van der Waals surface area contributed by atoms with Crippen molar-refractivity contribution in [1.82, 2.24) is 4.98 Å². The van der Waals surface area contributed by atoms with Crippen LogP contribution in [-0.4, -0.2) is 28.8 Å². The number of rotatable bonds is 2. The molecule has 4 heteroatoms. The van der Waals surface area contributed by atoms with Crippen LogP contribution >= 0.6 is 0 Å². The molecular weight excluding hydrogens is 195 g/mol. The van der Waals surface area contributed by atoms with Crippen LogP contribution in [0.15, 0.2) is 18.3 Å². The van der Waals surface area contributed by atoms with Crippen molar-refractivity contribution < 1.29 is 9.50 Å². The third-order valence-electron chi connectivity index (χ3n) is 3.03. The number of nitrogens with zero attached hydrogens (tertiary/aromatic N) is 2. The molecule has 0 saturated carbocycles. The number of hydrogen-bond acceptors (Lipinski definition) is 3. The molecule has 0 aromatic carbocycles. The fraction of sp³-hybridized carbons (Fsp3) is 0.545. The number of pyridine rings is 1. The quantitative estimate of drug-likeness (QED) is 0.805. The van der Waals surface area contributed by atoms with Gasteiger partial charge in [0.15, 0.2) is 0 Å². The molecule has 1 atom stereocenters. The van der Waals surface area contributed by atoms with Crippen LogP contribution in [0.25, 0.3) is 0 Å². The summed E-state index contributed by atoms with van der Waals surface area (Å²) in [4.78, 5) is 5.99. The Morgan fingerprint density at radius 2 is 2.40 bits per heavy atom. The molecule has 1 N–H and O–H groups in total. The zero-order valence-corrected chi connectivity index (χ0v) is 8.78. The minimum absolute atomic E-state index is 0.330. The fourth-order valence-electron chi connectivity index (χ4n) is 1.90. The van der Waals surface area contributed by atoms with Crippen molar-refractivity contribution in [2.24, 2.45) is 0 Å². The average Bonchev–Trinajstić information content (AvgIpc) is 2.63. The van der Waals surface area contributed by atoms with E-state index in [1.54, 1.807) is 6.07 Å². The number of β-amino-alcohol motifs (C(OH)–C–C–N with tert-alkyl or cyclic N) is 1. The van der Waals surface area contributed by atoms with Gasteiger partial charge in [0, 0.05) is 13.1 Å². The summed E-state index contributed by atoms with van der Waals surface area (Å²) in [5, 5.41) is 10.0. The highest BCUT2D eigenvalue weighted by Crippen LogP contribution is 2.27. The Morgan fingerprint density at radius 3 is 2.93 bits per heavy atom. The molecule has 2 heterocycles. The number of hydrogen-bond donors (Lipinski definition) is 1. The molecule has 2 rings (SSSR count). The Balaban J connectivity index is 2.11. The maximum atomic E-state index is 12.7. The van der Waals surface area contributed by atoms with Crippen molar-refractivity contribution in [3.63, 3.8) is 0 Å². The Bertz CT molecular complexity index is 341. The van der Waals surface area contributed by atoms with Crippen molar-refractivity contribution in [2.45, 2.75) is 25.4 Å². The van der Waals surface area contributed by atoms with Gasteiger partial charge in [0.25, 0.3) is 0 Å². The number of aromatic nitrogens is 1. The van der Waals surface area contributed by atoms with Crippen molar-refractivity contribution in [3.05, 3.63) is 24.1 Å². The van der Waals surface area contributed by atoms with Gasteiger partial charge in [-0.05, 0) is 25.0 Å². The molecule has 0 aliphatic carbocycles. The van der Waals surface area contributed by atoms with E-state index < -0.39 is 5.60 Å². The van der Waals surface area contributed by atoms with E-state index in [4.69, 9.17) is 0 Å². The Kier molecular flexibility index (Phi) is 2.61. The molecule has 0 spiro atoms. The first-order valence-corrected chi connectivity index (χ1v) is 5.22. The first-order valence-electron chi connectivity index (χ1n) is 5.22. The summed E-state index contributed by atoms with van der Waals surface area (Å²) >= 11 is 0. The summed E-state index contributed by atoms with van der Waals surface area (Å²) < 4.78 is 12.7. The Labute approximate surface area is 88.6 Å². The molecule has 0 radical (unpaired) electrons. The minimum atomic E-state index is -0.601. The van der Waals surface area contributed by atoms with E-state index in [-0.39, 0.29) is 5.82 Å². The molecule has 0 bridgehead atoms. The maximum Gasteiger partial charge on any atom is 0.141 e. The predicted octanol–water partition coefficient (Wildman–Crippen LogP) is 1.57. The van der Waals surface area contributed by atoms with E-state index in [0.29, 0.717) is 6.54 Å². The minimum Gasteiger partial charge on any atom is -0.388 e. The molecule has 1 fully saturated rings. The topological polar surface area (TPSA) is 36.4 Å². The van der Waals surface area contributed by atoms with Gasteiger partial charge in [0.1, 0.15) is 11.6 Å². The molecule has 15 heavy (non-hydrogen) atoms. The predicted molar refractivity (Wildman–Crippen MR) is 56.3 cm³/mol. The highest BCUT2D eigenvalue weighted by Gasteiger charge is 2.34. The first-order chi connectivity index (χ1) is 7.13. The lowest BCUT2D eigenvalue weighted by Crippen LogP contribution is -2.32. The monoisotopic (exact) mass is 210 g/mol. The van der Waals surface area contributed by atoms with Crippen LogP contribution in [0.2, 0.25) is 0 Å². The van der Waals surface area contributed by atoms with Gasteiger partial charge in [-0.1, -0.05) is 6.92 Å². The van der Waals surface area contributed by atoms with E-state index in [0.717, 1.165) is 25.2 Å². The Hall–Kier alpha value is -1.16. The molecule has 1 aliphatic heterocycles. The van der Waals surface area contributed by atoms with Gasteiger partial charge in [0.05, 0.1) is 11.8 Å². The molecule has 0 unspecified atom stereocenters. The summed E-state index contributed by atoms with van der Waals surface area (Å²) in [6.45, 7) is 3.34. The van der Waals surface area contributed by atoms with Gasteiger partial charge in [-0.25, -0.2) is 9.37 Å². The molecule has 0 amide bonds. The second-order valence-electron chi connectivity index (χ2n) is 4.08. The zero-order chi connectivity index (χ0) is 10.9. The molecule has 82 valence electrons. The highest BCUT2D eigenvalue weighted by atomic mass is 19.1. The summed E-state index contributed by atoms with van der Waals surface area (Å²) in [5.74, 6) is 0.407. The second-order valence-corrected chi connectivity index (χ2v) is 4.08. The van der Waals surface area contributed by atoms with Gasteiger partial charge >= 0.3 is 0 Å². The van der Waals surface area contributed by atoms with Crippen molar-refractivity contribution >= 4 is 5.82 Å². The maximum absolute atomic E-state index is 12.7. The highest BCUT2D eigenvalue weighted by molar-refractivity contribution is 5.40. The van der Waals surface area contributed by atoms with E-state index in [1.807, 2.05) is 11.8 Å². The van der Waals surface area contributed by atoms with Gasteiger partial charge in [0.2, 0.25) is 0 Å². The summed E-state index contributed by atoms with van der Waals surface area (Å²) in [5.41, 5.74) is -0.601. The van der Waals surface area contributed by atoms with Crippen LogP contribution in [0.3, 0.4) is 0 Å². The fourth-order valence-corrected chi connectivity index (χ4v) is 1.90. The SMILES string of the molecule is CC[C@@]1(O)CCN(c2ccc(F)cn2)C1. The standard InChI is InChI=1S/C11H15FN2O/c1-2-11(15)5-6-14(8-11)10-4-3-9(12)7-13-10/h3-4,7,15H,2,5-6,8H2,1H3/t11-/m1/s1. The van der Waals surface area contributed by atoms with Crippen LogP contribution in [0.5, 0.6) is 0 Å². The van der Waals surface area contributed by atoms with Crippen LogP contribution < -0.4 is 4.90 Å². The summed E-state index contributed by atoms with van der Waals surface area (Å²) in [7, 11) is 0. The molecule has 1 aromatic rings. The van der Waals surface area contributed by atoms with Crippen molar-refractivity contribution in [1.29, 1.82) is 0 Å². The van der Waals surface area contributed by atoms with Gasteiger partial charge in [-0.2, -0.15) is 0 Å². The van der Waals surface area contributed by atoms with E-state index in [1.165, 1.54) is 12.3 Å². The molecule has 1 saturated heterocycles. The first kappa shape index (κ1) is 10.4. The smallest absolute Gasteiger partial charge is 0.141 e. The van der Waals surface area contributed by atoms with Crippen LogP contribution in [-0.2, 0) is 0 Å². The lowest BCUT2D eigenvalue weighted by Gasteiger charge is -2.22. The Morgan fingerprint density at radius 1 is 1.60 bits per heavy atom. The van der Waals surface area contributed by atoms with Gasteiger partial charge in [-0.15, -0.1) is 0 Å². The van der Waals surface area contributed by atoms with Gasteiger partial charge in [-0.3, -0.25) is 0 Å².